The SMILES string of the molecule is CC=C1C2CCC(C2)C12OCCO2. The molecule has 2 atom stereocenters. The zero-order chi connectivity index (χ0) is 8.89. The highest BCUT2D eigenvalue weighted by molar-refractivity contribution is 5.27. The summed E-state index contributed by atoms with van der Waals surface area (Å²) in [7, 11) is 0. The number of ether oxygens (including phenoxy) is 2. The van der Waals surface area contributed by atoms with Crippen LogP contribution in [0.25, 0.3) is 0 Å². The molecule has 2 aliphatic carbocycles. The molecule has 0 aromatic rings. The molecular weight excluding hydrogens is 164 g/mol. The van der Waals surface area contributed by atoms with Gasteiger partial charge in [-0.2, -0.15) is 0 Å². The molecule has 2 bridgehead atoms. The summed E-state index contributed by atoms with van der Waals surface area (Å²) in [6, 6.07) is 0. The summed E-state index contributed by atoms with van der Waals surface area (Å²) in [6.07, 6.45) is 6.15. The molecule has 1 saturated heterocycles. The van der Waals surface area contributed by atoms with Gasteiger partial charge in [-0.25, -0.2) is 0 Å². The Balaban J connectivity index is 2.01. The van der Waals surface area contributed by atoms with Crippen molar-refractivity contribution in [3.05, 3.63) is 11.6 Å². The minimum Gasteiger partial charge on any atom is -0.343 e. The van der Waals surface area contributed by atoms with E-state index in [4.69, 9.17) is 9.47 Å². The van der Waals surface area contributed by atoms with Gasteiger partial charge in [0.25, 0.3) is 0 Å². The number of hydrogen-bond donors (Lipinski definition) is 0. The highest BCUT2D eigenvalue weighted by atomic mass is 16.7. The molecule has 3 aliphatic rings. The second kappa shape index (κ2) is 2.58. The first-order valence-electron chi connectivity index (χ1n) is 5.31. The molecular formula is C11H16O2. The van der Waals surface area contributed by atoms with Crippen molar-refractivity contribution in [1.29, 1.82) is 0 Å². The smallest absolute Gasteiger partial charge is 0.194 e. The van der Waals surface area contributed by atoms with Crippen molar-refractivity contribution >= 4 is 0 Å². The standard InChI is InChI=1S/C11H16O2/c1-2-10-8-3-4-9(7-8)11(10)12-5-6-13-11/h2,8-9H,3-7H2,1H3. The zero-order valence-electron chi connectivity index (χ0n) is 8.08. The van der Waals surface area contributed by atoms with E-state index < -0.39 is 0 Å². The fourth-order valence-electron chi connectivity index (χ4n) is 3.40. The van der Waals surface area contributed by atoms with Gasteiger partial charge in [0.05, 0.1) is 13.2 Å². The largest absolute Gasteiger partial charge is 0.343 e. The molecule has 1 heterocycles. The van der Waals surface area contributed by atoms with Crippen LogP contribution in [0.3, 0.4) is 0 Å². The van der Waals surface area contributed by atoms with E-state index >= 15 is 0 Å². The fourth-order valence-corrected chi connectivity index (χ4v) is 3.40. The predicted octanol–water partition coefficient (Wildman–Crippen LogP) is 2.11. The first-order chi connectivity index (χ1) is 6.37. The van der Waals surface area contributed by atoms with E-state index in [9.17, 15) is 0 Å². The van der Waals surface area contributed by atoms with E-state index in [1.54, 1.807) is 0 Å². The molecule has 2 unspecified atom stereocenters. The van der Waals surface area contributed by atoms with Crippen molar-refractivity contribution < 1.29 is 9.47 Å². The molecule has 3 fully saturated rings. The molecule has 3 rings (SSSR count). The number of fused-ring (bicyclic) bond motifs is 3. The number of allylic oxidation sites excluding steroid dienone is 1. The van der Waals surface area contributed by atoms with Crippen molar-refractivity contribution in [1.82, 2.24) is 0 Å². The lowest BCUT2D eigenvalue weighted by atomic mass is 9.88. The second-order valence-corrected chi connectivity index (χ2v) is 4.32. The summed E-state index contributed by atoms with van der Waals surface area (Å²) in [5.41, 5.74) is 1.43. The van der Waals surface area contributed by atoms with E-state index in [1.807, 2.05) is 0 Å². The van der Waals surface area contributed by atoms with E-state index in [0.29, 0.717) is 5.92 Å². The van der Waals surface area contributed by atoms with Gasteiger partial charge < -0.3 is 9.47 Å². The summed E-state index contributed by atoms with van der Waals surface area (Å²) >= 11 is 0. The van der Waals surface area contributed by atoms with Gasteiger partial charge >= 0.3 is 0 Å². The minimum absolute atomic E-state index is 0.266. The zero-order valence-corrected chi connectivity index (χ0v) is 8.08. The first kappa shape index (κ1) is 8.01. The van der Waals surface area contributed by atoms with Crippen LogP contribution < -0.4 is 0 Å². The van der Waals surface area contributed by atoms with E-state index in [2.05, 4.69) is 13.0 Å². The van der Waals surface area contributed by atoms with Crippen LogP contribution in [0.15, 0.2) is 11.6 Å². The van der Waals surface area contributed by atoms with Gasteiger partial charge in [0, 0.05) is 5.92 Å². The average Bonchev–Trinajstić information content (AvgIpc) is 2.79. The van der Waals surface area contributed by atoms with Gasteiger partial charge in [0.15, 0.2) is 5.79 Å². The molecule has 0 aromatic heterocycles. The van der Waals surface area contributed by atoms with Crippen molar-refractivity contribution in [3.8, 4) is 0 Å². The van der Waals surface area contributed by atoms with E-state index in [0.717, 1.165) is 19.1 Å². The summed E-state index contributed by atoms with van der Waals surface area (Å²) in [4.78, 5) is 0. The quantitative estimate of drug-likeness (QED) is 0.531. The Morgan fingerprint density at radius 1 is 1.31 bits per heavy atom. The van der Waals surface area contributed by atoms with Crippen molar-refractivity contribution in [2.24, 2.45) is 11.8 Å². The Hall–Kier alpha value is -0.340. The summed E-state index contributed by atoms with van der Waals surface area (Å²) in [5, 5.41) is 0. The lowest BCUT2D eigenvalue weighted by Crippen LogP contribution is -2.38. The van der Waals surface area contributed by atoms with Crippen LogP contribution in [0.1, 0.15) is 26.2 Å². The highest BCUT2D eigenvalue weighted by Gasteiger charge is 2.58. The van der Waals surface area contributed by atoms with Crippen LogP contribution in [0.4, 0.5) is 0 Å². The molecule has 0 amide bonds. The van der Waals surface area contributed by atoms with Crippen molar-refractivity contribution in [2.75, 3.05) is 13.2 Å². The Bertz CT molecular complexity index is 251. The summed E-state index contributed by atoms with van der Waals surface area (Å²) < 4.78 is 11.7. The highest BCUT2D eigenvalue weighted by Crippen LogP contribution is 2.57. The minimum atomic E-state index is -0.266. The maximum absolute atomic E-state index is 5.85. The van der Waals surface area contributed by atoms with Crippen LogP contribution in [0.2, 0.25) is 0 Å². The molecule has 0 aromatic carbocycles. The molecule has 1 spiro atoms. The van der Waals surface area contributed by atoms with E-state index in [-0.39, 0.29) is 5.79 Å². The Labute approximate surface area is 78.9 Å². The fraction of sp³-hybridized carbons (Fsp3) is 0.818. The van der Waals surface area contributed by atoms with Gasteiger partial charge in [-0.05, 0) is 37.7 Å². The Kier molecular flexibility index (Phi) is 1.59. The molecule has 0 radical (unpaired) electrons. The lowest BCUT2D eigenvalue weighted by Gasteiger charge is -2.34. The summed E-state index contributed by atoms with van der Waals surface area (Å²) in [5.74, 6) is 1.14. The van der Waals surface area contributed by atoms with Crippen LogP contribution >= 0.6 is 0 Å². The molecule has 13 heavy (non-hydrogen) atoms. The van der Waals surface area contributed by atoms with E-state index in [1.165, 1.54) is 24.8 Å². The van der Waals surface area contributed by atoms with Crippen LogP contribution in [-0.4, -0.2) is 19.0 Å². The number of rotatable bonds is 0. The van der Waals surface area contributed by atoms with Gasteiger partial charge in [-0.15, -0.1) is 0 Å². The average molecular weight is 180 g/mol. The molecule has 2 heteroatoms. The molecule has 72 valence electrons. The predicted molar refractivity (Wildman–Crippen MR) is 49.2 cm³/mol. The third-order valence-corrected chi connectivity index (χ3v) is 3.84. The van der Waals surface area contributed by atoms with Crippen LogP contribution in [-0.2, 0) is 9.47 Å². The van der Waals surface area contributed by atoms with Gasteiger partial charge in [0.2, 0.25) is 0 Å². The first-order valence-corrected chi connectivity index (χ1v) is 5.31. The molecule has 2 saturated carbocycles. The Morgan fingerprint density at radius 3 is 2.77 bits per heavy atom. The van der Waals surface area contributed by atoms with Crippen molar-refractivity contribution in [2.45, 2.75) is 32.0 Å². The summed E-state index contributed by atoms with van der Waals surface area (Å²) in [6.45, 7) is 3.67. The third kappa shape index (κ3) is 0.856. The molecule has 2 nitrogen and oxygen atoms in total. The van der Waals surface area contributed by atoms with Crippen molar-refractivity contribution in [3.63, 3.8) is 0 Å². The lowest BCUT2D eigenvalue weighted by molar-refractivity contribution is -0.157. The van der Waals surface area contributed by atoms with Crippen LogP contribution in [0, 0.1) is 11.8 Å². The normalized spacial score (nSPS) is 43.9. The number of hydrogen-bond acceptors (Lipinski definition) is 2. The maximum Gasteiger partial charge on any atom is 0.194 e. The Morgan fingerprint density at radius 2 is 2.08 bits per heavy atom. The van der Waals surface area contributed by atoms with Gasteiger partial charge in [-0.3, -0.25) is 0 Å². The maximum atomic E-state index is 5.85. The van der Waals surface area contributed by atoms with Crippen LogP contribution in [0.5, 0.6) is 0 Å². The second-order valence-electron chi connectivity index (χ2n) is 4.32. The monoisotopic (exact) mass is 180 g/mol. The molecule has 0 N–H and O–H groups in total. The van der Waals surface area contributed by atoms with Gasteiger partial charge in [-0.1, -0.05) is 6.08 Å². The van der Waals surface area contributed by atoms with Gasteiger partial charge in [0.1, 0.15) is 0 Å². The third-order valence-electron chi connectivity index (χ3n) is 3.84. The topological polar surface area (TPSA) is 18.5 Å². The molecule has 1 aliphatic heterocycles.